The molecule has 2 unspecified atom stereocenters. The lowest BCUT2D eigenvalue weighted by molar-refractivity contribution is -0.141. The Morgan fingerprint density at radius 2 is 1.61 bits per heavy atom. The van der Waals surface area contributed by atoms with E-state index in [9.17, 15) is 14.4 Å². The number of rotatable bonds is 2. The highest BCUT2D eigenvalue weighted by Crippen LogP contribution is 2.30. The number of carbonyl (C=O) groups excluding carboxylic acids is 2. The first-order valence-corrected chi connectivity index (χ1v) is 6.05. The van der Waals surface area contributed by atoms with Gasteiger partial charge in [-0.2, -0.15) is 0 Å². The van der Waals surface area contributed by atoms with Gasteiger partial charge in [0.1, 0.15) is 0 Å². The molecule has 1 aliphatic rings. The van der Waals surface area contributed by atoms with Crippen LogP contribution in [0, 0.1) is 17.3 Å². The van der Waals surface area contributed by atoms with Crippen LogP contribution in [0.3, 0.4) is 0 Å². The maximum Gasteiger partial charge on any atom is 0.306 e. The molecule has 2 amide bonds. The molecule has 6 nitrogen and oxygen atoms in total. The lowest BCUT2D eigenvalue weighted by Crippen LogP contribution is -2.48. The maximum atomic E-state index is 11.7. The minimum atomic E-state index is -0.857. The molecule has 0 bridgehead atoms. The van der Waals surface area contributed by atoms with Crippen LogP contribution in [0.5, 0.6) is 0 Å². The van der Waals surface area contributed by atoms with E-state index in [2.05, 4.69) is 10.9 Å². The Bertz CT molecular complexity index is 360. The number of amides is 2. The molecule has 0 saturated heterocycles. The molecule has 6 heteroatoms. The Kier molecular flexibility index (Phi) is 4.32. The summed E-state index contributed by atoms with van der Waals surface area (Å²) in [6.45, 7) is 5.22. The van der Waals surface area contributed by atoms with Crippen molar-refractivity contribution in [1.29, 1.82) is 0 Å². The highest BCUT2D eigenvalue weighted by atomic mass is 16.4. The molecule has 1 saturated carbocycles. The summed E-state index contributed by atoms with van der Waals surface area (Å²) in [5, 5.41) is 8.84. The molecule has 0 spiro atoms. The Balaban J connectivity index is 2.39. The predicted molar refractivity (Wildman–Crippen MR) is 64.2 cm³/mol. The van der Waals surface area contributed by atoms with E-state index in [1.807, 2.05) is 0 Å². The highest BCUT2D eigenvalue weighted by Gasteiger charge is 2.34. The third kappa shape index (κ3) is 3.72. The summed E-state index contributed by atoms with van der Waals surface area (Å²) in [7, 11) is 0. The Morgan fingerprint density at radius 1 is 1.06 bits per heavy atom. The average Bonchev–Trinajstić information content (AvgIpc) is 2.73. The zero-order chi connectivity index (χ0) is 13.9. The van der Waals surface area contributed by atoms with Gasteiger partial charge in [0.2, 0.25) is 11.8 Å². The Labute approximate surface area is 106 Å². The lowest BCUT2D eigenvalue weighted by Gasteiger charge is -2.19. The first-order chi connectivity index (χ1) is 8.21. The molecule has 1 rings (SSSR count). The smallest absolute Gasteiger partial charge is 0.306 e. The fraction of sp³-hybridized carbons (Fsp3) is 0.750. The van der Waals surface area contributed by atoms with E-state index >= 15 is 0 Å². The summed E-state index contributed by atoms with van der Waals surface area (Å²) < 4.78 is 0. The number of carboxylic acids is 1. The van der Waals surface area contributed by atoms with Gasteiger partial charge >= 0.3 is 5.97 Å². The molecular weight excluding hydrogens is 236 g/mol. The van der Waals surface area contributed by atoms with Gasteiger partial charge in [0.25, 0.3) is 0 Å². The molecule has 0 aliphatic heterocycles. The zero-order valence-corrected chi connectivity index (χ0v) is 10.9. The SMILES string of the molecule is CC(C)(C)C(=O)NNC(=O)C1CCC(C(=O)O)C1. The lowest BCUT2D eigenvalue weighted by atomic mass is 9.96. The van der Waals surface area contributed by atoms with Crippen LogP contribution in [0.25, 0.3) is 0 Å². The molecule has 0 aromatic rings. The Hall–Kier alpha value is -1.59. The molecular formula is C12H20N2O4. The molecule has 18 heavy (non-hydrogen) atoms. The zero-order valence-electron chi connectivity index (χ0n) is 10.9. The van der Waals surface area contributed by atoms with Crippen molar-refractivity contribution in [2.24, 2.45) is 17.3 Å². The topological polar surface area (TPSA) is 95.5 Å². The molecule has 1 fully saturated rings. The first kappa shape index (κ1) is 14.5. The Morgan fingerprint density at radius 3 is 2.06 bits per heavy atom. The minimum Gasteiger partial charge on any atom is -0.481 e. The second kappa shape index (κ2) is 5.37. The van der Waals surface area contributed by atoms with Crippen LogP contribution in [0.2, 0.25) is 0 Å². The van der Waals surface area contributed by atoms with Crippen molar-refractivity contribution < 1.29 is 19.5 Å². The van der Waals surface area contributed by atoms with Crippen molar-refractivity contribution in [2.45, 2.75) is 40.0 Å². The molecule has 2 atom stereocenters. The van der Waals surface area contributed by atoms with Gasteiger partial charge in [-0.15, -0.1) is 0 Å². The van der Waals surface area contributed by atoms with Crippen molar-refractivity contribution >= 4 is 17.8 Å². The van der Waals surface area contributed by atoms with E-state index in [1.165, 1.54) is 0 Å². The maximum absolute atomic E-state index is 11.7. The number of carboxylic acid groups (broad SMARTS) is 1. The number of aliphatic carboxylic acids is 1. The van der Waals surface area contributed by atoms with Crippen LogP contribution < -0.4 is 10.9 Å². The fourth-order valence-electron chi connectivity index (χ4n) is 1.85. The van der Waals surface area contributed by atoms with E-state index in [1.54, 1.807) is 20.8 Å². The fourth-order valence-corrected chi connectivity index (χ4v) is 1.85. The van der Waals surface area contributed by atoms with E-state index < -0.39 is 17.3 Å². The second-order valence-corrected chi connectivity index (χ2v) is 5.74. The predicted octanol–water partition coefficient (Wildman–Crippen LogP) is 0.681. The van der Waals surface area contributed by atoms with Crippen LogP contribution in [0.15, 0.2) is 0 Å². The van der Waals surface area contributed by atoms with Crippen LogP contribution >= 0.6 is 0 Å². The monoisotopic (exact) mass is 256 g/mol. The van der Waals surface area contributed by atoms with Crippen LogP contribution in [-0.4, -0.2) is 22.9 Å². The van der Waals surface area contributed by atoms with Gasteiger partial charge < -0.3 is 5.11 Å². The van der Waals surface area contributed by atoms with Crippen molar-refractivity contribution in [3.05, 3.63) is 0 Å². The minimum absolute atomic E-state index is 0.274. The summed E-state index contributed by atoms with van der Waals surface area (Å²) >= 11 is 0. The summed E-state index contributed by atoms with van der Waals surface area (Å²) in [4.78, 5) is 34.0. The quantitative estimate of drug-likeness (QED) is 0.633. The van der Waals surface area contributed by atoms with Crippen molar-refractivity contribution in [3.63, 3.8) is 0 Å². The van der Waals surface area contributed by atoms with Gasteiger partial charge in [-0.05, 0) is 19.3 Å². The largest absolute Gasteiger partial charge is 0.481 e. The van der Waals surface area contributed by atoms with E-state index in [0.717, 1.165) is 0 Å². The van der Waals surface area contributed by atoms with Crippen molar-refractivity contribution in [1.82, 2.24) is 10.9 Å². The number of hydrogen-bond acceptors (Lipinski definition) is 3. The number of nitrogens with one attached hydrogen (secondary N) is 2. The van der Waals surface area contributed by atoms with Crippen LogP contribution in [-0.2, 0) is 14.4 Å². The molecule has 0 aromatic heterocycles. The summed E-state index contributed by atoms with van der Waals surface area (Å²) in [5.41, 5.74) is 4.14. The normalized spacial score (nSPS) is 23.5. The molecule has 3 N–H and O–H groups in total. The number of hydrazine groups is 1. The van der Waals surface area contributed by atoms with Crippen molar-refractivity contribution in [2.75, 3.05) is 0 Å². The van der Waals surface area contributed by atoms with Crippen LogP contribution in [0.4, 0.5) is 0 Å². The summed E-state index contributed by atoms with van der Waals surface area (Å²) in [6.07, 6.45) is 1.40. The van der Waals surface area contributed by atoms with Crippen LogP contribution in [0.1, 0.15) is 40.0 Å². The number of carbonyl (C=O) groups is 3. The summed E-state index contributed by atoms with van der Waals surface area (Å²) in [5.74, 6) is -2.21. The van der Waals surface area contributed by atoms with Crippen molar-refractivity contribution in [3.8, 4) is 0 Å². The van der Waals surface area contributed by atoms with Gasteiger partial charge in [0, 0.05) is 11.3 Å². The van der Waals surface area contributed by atoms with Gasteiger partial charge in [-0.3, -0.25) is 25.2 Å². The van der Waals surface area contributed by atoms with Gasteiger partial charge in [-0.25, -0.2) is 0 Å². The first-order valence-electron chi connectivity index (χ1n) is 6.05. The molecule has 102 valence electrons. The van der Waals surface area contributed by atoms with Gasteiger partial charge in [-0.1, -0.05) is 20.8 Å². The summed E-state index contributed by atoms with van der Waals surface area (Å²) in [6, 6.07) is 0. The molecule has 0 heterocycles. The van der Waals surface area contributed by atoms with E-state index in [-0.39, 0.29) is 17.7 Å². The number of hydrogen-bond donors (Lipinski definition) is 3. The van der Waals surface area contributed by atoms with Gasteiger partial charge in [0.15, 0.2) is 0 Å². The third-order valence-electron chi connectivity index (χ3n) is 3.13. The molecule has 1 aliphatic carbocycles. The standard InChI is InChI=1S/C12H20N2O4/c1-12(2,3)11(18)14-13-9(15)7-4-5-8(6-7)10(16)17/h7-8H,4-6H2,1-3H3,(H,13,15)(H,14,18)(H,16,17). The molecule has 0 aromatic carbocycles. The van der Waals surface area contributed by atoms with Gasteiger partial charge in [0.05, 0.1) is 5.92 Å². The van der Waals surface area contributed by atoms with E-state index in [0.29, 0.717) is 19.3 Å². The molecule has 0 radical (unpaired) electrons. The third-order valence-corrected chi connectivity index (χ3v) is 3.13. The average molecular weight is 256 g/mol. The highest BCUT2D eigenvalue weighted by molar-refractivity contribution is 5.86. The van der Waals surface area contributed by atoms with E-state index in [4.69, 9.17) is 5.11 Å². The second-order valence-electron chi connectivity index (χ2n) is 5.74.